The molecule has 9 heteroatoms. The number of hydrogen-bond acceptors (Lipinski definition) is 7. The van der Waals surface area contributed by atoms with E-state index >= 15 is 0 Å². The topological polar surface area (TPSA) is 134 Å². The quantitative estimate of drug-likeness (QED) is 0.310. The Morgan fingerprint density at radius 2 is 1.54 bits per heavy atom. The van der Waals surface area contributed by atoms with Crippen LogP contribution < -0.4 is 10.6 Å². The van der Waals surface area contributed by atoms with Gasteiger partial charge in [-0.25, -0.2) is 4.79 Å². The summed E-state index contributed by atoms with van der Waals surface area (Å²) in [4.78, 5) is 37.0. The third-order valence-corrected chi connectivity index (χ3v) is 5.08. The van der Waals surface area contributed by atoms with Crippen LogP contribution in [0.15, 0.2) is 30.3 Å². The SMILES string of the molecule is CCOC(=O)C[C@H](O)[C@H](Cc1ccccc1)NC(=O)C[C@H](O)[C@H](CC(C)C)NC(=O)OC(C)(C)C. The van der Waals surface area contributed by atoms with Crippen LogP contribution in [-0.4, -0.2) is 64.7 Å². The van der Waals surface area contributed by atoms with Gasteiger partial charge < -0.3 is 30.3 Å². The number of carbonyl (C=O) groups is 3. The number of esters is 1. The number of alkyl carbamates (subject to hydrolysis) is 1. The Labute approximate surface area is 208 Å². The summed E-state index contributed by atoms with van der Waals surface area (Å²) in [5, 5.41) is 26.8. The zero-order chi connectivity index (χ0) is 26.6. The molecule has 0 spiro atoms. The van der Waals surface area contributed by atoms with E-state index in [0.29, 0.717) is 6.42 Å². The van der Waals surface area contributed by atoms with E-state index in [1.165, 1.54) is 0 Å². The molecular formula is C26H42N2O7. The van der Waals surface area contributed by atoms with Crippen molar-refractivity contribution in [1.82, 2.24) is 10.6 Å². The maximum absolute atomic E-state index is 12.8. The number of aliphatic hydroxyl groups excluding tert-OH is 2. The van der Waals surface area contributed by atoms with Crippen molar-refractivity contribution in [3.63, 3.8) is 0 Å². The molecule has 0 aliphatic heterocycles. The van der Waals surface area contributed by atoms with Crippen LogP contribution in [-0.2, 0) is 25.5 Å². The Hall–Kier alpha value is -2.65. The lowest BCUT2D eigenvalue weighted by Gasteiger charge is -2.29. The molecule has 1 aromatic rings. The minimum atomic E-state index is -1.18. The first kappa shape index (κ1) is 30.4. The molecule has 0 fully saturated rings. The first-order valence-corrected chi connectivity index (χ1v) is 12.1. The molecule has 1 rings (SSSR count). The van der Waals surface area contributed by atoms with Gasteiger partial charge in [-0.05, 0) is 52.0 Å². The fourth-order valence-electron chi connectivity index (χ4n) is 3.56. The summed E-state index contributed by atoms with van der Waals surface area (Å²) >= 11 is 0. The van der Waals surface area contributed by atoms with Gasteiger partial charge in [0, 0.05) is 0 Å². The fraction of sp³-hybridized carbons (Fsp3) is 0.654. The average Bonchev–Trinajstić information content (AvgIpc) is 2.71. The minimum Gasteiger partial charge on any atom is -0.466 e. The fourth-order valence-corrected chi connectivity index (χ4v) is 3.56. The molecule has 9 nitrogen and oxygen atoms in total. The molecule has 4 N–H and O–H groups in total. The van der Waals surface area contributed by atoms with E-state index in [0.717, 1.165) is 5.56 Å². The highest BCUT2D eigenvalue weighted by Gasteiger charge is 2.29. The Morgan fingerprint density at radius 1 is 0.943 bits per heavy atom. The van der Waals surface area contributed by atoms with Gasteiger partial charge in [0.1, 0.15) is 5.60 Å². The summed E-state index contributed by atoms with van der Waals surface area (Å²) in [6.45, 7) is 11.0. The van der Waals surface area contributed by atoms with Gasteiger partial charge in [-0.1, -0.05) is 44.2 Å². The third kappa shape index (κ3) is 13.1. The van der Waals surface area contributed by atoms with E-state index in [1.54, 1.807) is 27.7 Å². The van der Waals surface area contributed by atoms with Crippen molar-refractivity contribution in [2.24, 2.45) is 5.92 Å². The molecular weight excluding hydrogens is 452 g/mol. The molecule has 198 valence electrons. The number of benzene rings is 1. The lowest BCUT2D eigenvalue weighted by atomic mass is 9.96. The number of rotatable bonds is 13. The minimum absolute atomic E-state index is 0.143. The predicted molar refractivity (Wildman–Crippen MR) is 133 cm³/mol. The molecule has 0 aliphatic carbocycles. The van der Waals surface area contributed by atoms with E-state index in [4.69, 9.17) is 9.47 Å². The number of carbonyl (C=O) groups excluding carboxylic acids is 3. The zero-order valence-electron chi connectivity index (χ0n) is 21.7. The maximum atomic E-state index is 12.8. The van der Waals surface area contributed by atoms with Crippen LogP contribution in [0.4, 0.5) is 4.79 Å². The Kier molecular flexibility index (Phi) is 12.7. The first-order chi connectivity index (χ1) is 16.3. The number of aliphatic hydroxyl groups is 2. The second-order valence-electron chi connectivity index (χ2n) is 10.1. The highest BCUT2D eigenvalue weighted by atomic mass is 16.6. The second-order valence-corrected chi connectivity index (χ2v) is 10.1. The van der Waals surface area contributed by atoms with Crippen LogP contribution >= 0.6 is 0 Å². The normalized spacial score (nSPS) is 15.0. The number of ether oxygens (including phenoxy) is 2. The van der Waals surface area contributed by atoms with Crippen LogP contribution in [0.3, 0.4) is 0 Å². The van der Waals surface area contributed by atoms with Crippen LogP contribution in [0.2, 0.25) is 0 Å². The van der Waals surface area contributed by atoms with Crippen LogP contribution in [0.1, 0.15) is 66.4 Å². The van der Waals surface area contributed by atoms with E-state index in [1.807, 2.05) is 44.2 Å². The predicted octanol–water partition coefficient (Wildman–Crippen LogP) is 2.72. The number of nitrogens with one attached hydrogen (secondary N) is 2. The molecule has 0 bridgehead atoms. The molecule has 0 saturated heterocycles. The van der Waals surface area contributed by atoms with E-state index in [9.17, 15) is 24.6 Å². The lowest BCUT2D eigenvalue weighted by molar-refractivity contribution is -0.146. The summed E-state index contributed by atoms with van der Waals surface area (Å²) in [5.74, 6) is -0.933. The Balaban J connectivity index is 2.88. The molecule has 35 heavy (non-hydrogen) atoms. The molecule has 1 aromatic carbocycles. The van der Waals surface area contributed by atoms with E-state index in [2.05, 4.69) is 10.6 Å². The van der Waals surface area contributed by atoms with E-state index in [-0.39, 0.29) is 31.8 Å². The van der Waals surface area contributed by atoms with Crippen molar-refractivity contribution < 1.29 is 34.1 Å². The molecule has 0 aliphatic rings. The van der Waals surface area contributed by atoms with Crippen LogP contribution in [0.25, 0.3) is 0 Å². The summed E-state index contributed by atoms with van der Waals surface area (Å²) in [6, 6.07) is 7.78. The van der Waals surface area contributed by atoms with Crippen molar-refractivity contribution in [2.45, 2.75) is 97.1 Å². The van der Waals surface area contributed by atoms with Gasteiger partial charge in [0.2, 0.25) is 5.91 Å². The van der Waals surface area contributed by atoms with Gasteiger partial charge in [-0.15, -0.1) is 0 Å². The van der Waals surface area contributed by atoms with Gasteiger partial charge in [-0.2, -0.15) is 0 Å². The first-order valence-electron chi connectivity index (χ1n) is 12.1. The number of amides is 2. The standard InChI is InChI=1S/C26H42N2O7/c1-7-34-24(32)16-22(30)20(14-18-11-9-8-10-12-18)27-23(31)15-21(29)19(13-17(2)3)28-25(33)35-26(4,5)6/h8-12,17,19-22,29-30H,7,13-16H2,1-6H3,(H,27,31)(H,28,33)/t19-,20-,21-,22-/m0/s1. The Morgan fingerprint density at radius 3 is 2.09 bits per heavy atom. The third-order valence-electron chi connectivity index (χ3n) is 5.08. The van der Waals surface area contributed by atoms with Gasteiger partial charge in [0.05, 0.1) is 43.7 Å². The average molecular weight is 495 g/mol. The monoisotopic (exact) mass is 494 g/mol. The molecule has 0 unspecified atom stereocenters. The maximum Gasteiger partial charge on any atom is 0.407 e. The number of hydrogen-bond donors (Lipinski definition) is 4. The second kappa shape index (κ2) is 14.7. The highest BCUT2D eigenvalue weighted by Crippen LogP contribution is 2.15. The molecule has 0 radical (unpaired) electrons. The smallest absolute Gasteiger partial charge is 0.407 e. The lowest BCUT2D eigenvalue weighted by Crippen LogP contribution is -2.50. The van der Waals surface area contributed by atoms with Crippen molar-refractivity contribution >= 4 is 18.0 Å². The molecule has 2 amide bonds. The van der Waals surface area contributed by atoms with Crippen molar-refractivity contribution in [3.05, 3.63) is 35.9 Å². The van der Waals surface area contributed by atoms with Gasteiger partial charge in [0.25, 0.3) is 0 Å². The Bertz CT molecular complexity index is 793. The van der Waals surface area contributed by atoms with Crippen LogP contribution in [0, 0.1) is 5.92 Å². The largest absolute Gasteiger partial charge is 0.466 e. The molecule has 0 saturated carbocycles. The highest BCUT2D eigenvalue weighted by molar-refractivity contribution is 5.77. The summed E-state index contributed by atoms with van der Waals surface area (Å²) < 4.78 is 10.2. The van der Waals surface area contributed by atoms with Gasteiger partial charge >= 0.3 is 12.1 Å². The van der Waals surface area contributed by atoms with Crippen molar-refractivity contribution in [1.29, 1.82) is 0 Å². The summed E-state index contributed by atoms with van der Waals surface area (Å²) in [5.41, 5.74) is 0.166. The van der Waals surface area contributed by atoms with Crippen molar-refractivity contribution in [3.8, 4) is 0 Å². The molecule has 0 aromatic heterocycles. The zero-order valence-corrected chi connectivity index (χ0v) is 21.7. The van der Waals surface area contributed by atoms with Gasteiger partial charge in [0.15, 0.2) is 0 Å². The summed E-state index contributed by atoms with van der Waals surface area (Å²) in [6.07, 6.45) is -2.88. The van der Waals surface area contributed by atoms with E-state index < -0.39 is 47.9 Å². The molecule has 4 atom stereocenters. The molecule has 0 heterocycles. The van der Waals surface area contributed by atoms with Gasteiger partial charge in [-0.3, -0.25) is 9.59 Å². The van der Waals surface area contributed by atoms with Crippen molar-refractivity contribution in [2.75, 3.05) is 6.61 Å². The van der Waals surface area contributed by atoms with Crippen LogP contribution in [0.5, 0.6) is 0 Å². The summed E-state index contributed by atoms with van der Waals surface area (Å²) in [7, 11) is 0.